The molecule has 3 aromatic carbocycles. The van der Waals surface area contributed by atoms with Crippen LogP contribution in [-0.4, -0.2) is 60.7 Å². The third-order valence-electron chi connectivity index (χ3n) is 10.8. The summed E-state index contributed by atoms with van der Waals surface area (Å²) >= 11 is 13.5. The second-order valence-corrected chi connectivity index (χ2v) is 17.0. The van der Waals surface area contributed by atoms with E-state index < -0.39 is 17.7 Å². The van der Waals surface area contributed by atoms with Gasteiger partial charge in [-0.25, -0.2) is 9.59 Å². The highest BCUT2D eigenvalue weighted by atomic mass is 35.5. The number of carboxylic acids is 1. The van der Waals surface area contributed by atoms with Gasteiger partial charge in [-0.15, -0.1) is 0 Å². The Hall–Kier alpha value is -5.46. The summed E-state index contributed by atoms with van der Waals surface area (Å²) in [6, 6.07) is 10.7. The van der Waals surface area contributed by atoms with Crippen LogP contribution in [0.15, 0.2) is 42.6 Å². The molecule has 0 aliphatic carbocycles. The number of amides is 2. The molecule has 3 aromatic heterocycles. The molecule has 0 bridgehead atoms. The largest absolute Gasteiger partial charge is 0.494 e. The van der Waals surface area contributed by atoms with Crippen LogP contribution in [-0.2, 0) is 25.3 Å². The molecule has 1 aliphatic rings. The van der Waals surface area contributed by atoms with Gasteiger partial charge in [0.2, 0.25) is 0 Å². The number of rotatable bonds is 9. The minimum Gasteiger partial charge on any atom is -0.494 e. The molecule has 4 heterocycles. The number of halogens is 2. The molecule has 7 rings (SSSR count). The van der Waals surface area contributed by atoms with E-state index in [9.17, 15) is 14.7 Å². The number of aromatic carboxylic acids is 1. The summed E-state index contributed by atoms with van der Waals surface area (Å²) in [5.74, 6) is -0.684. The highest BCUT2D eigenvalue weighted by Crippen LogP contribution is 2.46. The molecule has 1 atom stereocenters. The molecule has 0 unspecified atom stereocenters. The summed E-state index contributed by atoms with van der Waals surface area (Å²) < 4.78 is 17.4. The number of anilines is 2. The summed E-state index contributed by atoms with van der Waals surface area (Å²) in [5, 5.41) is 20.2. The number of carbonyl (C=O) groups is 3. The van der Waals surface area contributed by atoms with E-state index in [1.54, 1.807) is 49.4 Å². The SMILES string of the molecule is Cc1cc(OCCCc2c3n(c4c(-c5c(C)nn(C)c5C)c(Cl)ccc24)[C@H](C)CN(c2cc(NC(=O)OC(C)(C)C)cc4c(C(=O)O)cn(C)c24)C3=O)cc(C)c1Cl. The molecule has 0 saturated heterocycles. The zero-order valence-corrected chi connectivity index (χ0v) is 35.9. The maximum absolute atomic E-state index is 15.4. The molecule has 2 N–H and O–H groups in total. The van der Waals surface area contributed by atoms with Gasteiger partial charge >= 0.3 is 12.1 Å². The van der Waals surface area contributed by atoms with Crippen molar-refractivity contribution in [2.75, 3.05) is 23.4 Å². The maximum Gasteiger partial charge on any atom is 0.412 e. The van der Waals surface area contributed by atoms with Gasteiger partial charge in [-0.2, -0.15) is 5.10 Å². The summed E-state index contributed by atoms with van der Waals surface area (Å²) in [6.07, 6.45) is 1.91. The van der Waals surface area contributed by atoms with Crippen molar-refractivity contribution >= 4 is 74.4 Å². The Balaban J connectivity index is 1.40. The first-order valence-corrected chi connectivity index (χ1v) is 20.0. The lowest BCUT2D eigenvalue weighted by atomic mass is 9.98. The normalized spacial score (nSPS) is 14.4. The fourth-order valence-electron chi connectivity index (χ4n) is 8.33. The molecule has 2 amide bonds. The fraction of sp³-hybridized carbons (Fsp3) is 0.364. The molecular weight excluding hydrogens is 779 g/mol. The van der Waals surface area contributed by atoms with E-state index in [-0.39, 0.29) is 24.1 Å². The van der Waals surface area contributed by atoms with E-state index in [4.69, 9.17) is 37.8 Å². The lowest BCUT2D eigenvalue weighted by Gasteiger charge is -2.35. The molecule has 12 nitrogen and oxygen atoms in total. The van der Waals surface area contributed by atoms with Crippen LogP contribution in [0.3, 0.4) is 0 Å². The van der Waals surface area contributed by atoms with Gasteiger partial charge in [0.1, 0.15) is 17.0 Å². The molecular formula is C44H48Cl2N6O6. The van der Waals surface area contributed by atoms with Crippen molar-refractivity contribution in [2.45, 2.75) is 79.9 Å². The number of benzene rings is 3. The van der Waals surface area contributed by atoms with Crippen LogP contribution in [0, 0.1) is 27.7 Å². The number of hydrogen-bond acceptors (Lipinski definition) is 6. The second-order valence-electron chi connectivity index (χ2n) is 16.3. The maximum atomic E-state index is 15.4. The Morgan fingerprint density at radius 1 is 0.983 bits per heavy atom. The van der Waals surface area contributed by atoms with E-state index in [0.717, 1.165) is 55.9 Å². The predicted octanol–water partition coefficient (Wildman–Crippen LogP) is 10.4. The zero-order chi connectivity index (χ0) is 42.1. The fourth-order valence-corrected chi connectivity index (χ4v) is 8.69. The summed E-state index contributed by atoms with van der Waals surface area (Å²) in [4.78, 5) is 42.6. The highest BCUT2D eigenvalue weighted by Gasteiger charge is 2.38. The van der Waals surface area contributed by atoms with Crippen molar-refractivity contribution in [1.29, 1.82) is 0 Å². The summed E-state index contributed by atoms with van der Waals surface area (Å²) in [7, 11) is 3.65. The van der Waals surface area contributed by atoms with E-state index >= 15 is 4.79 Å². The predicted molar refractivity (Wildman–Crippen MR) is 229 cm³/mol. The summed E-state index contributed by atoms with van der Waals surface area (Å²) in [5.41, 5.74) is 8.08. The second kappa shape index (κ2) is 15.0. The average molecular weight is 828 g/mol. The Kier molecular flexibility index (Phi) is 10.6. The van der Waals surface area contributed by atoms with Crippen LogP contribution in [0.5, 0.6) is 5.75 Å². The smallest absolute Gasteiger partial charge is 0.412 e. The molecule has 0 spiro atoms. The quantitative estimate of drug-likeness (QED) is 0.139. The van der Waals surface area contributed by atoms with Crippen LogP contribution in [0.4, 0.5) is 16.2 Å². The molecule has 14 heteroatoms. The number of carbonyl (C=O) groups excluding carboxylic acids is 2. The number of aryl methyl sites for hydroxylation is 6. The number of fused-ring (bicyclic) bond motifs is 4. The lowest BCUT2D eigenvalue weighted by molar-refractivity contribution is 0.0634. The average Bonchev–Trinajstić information content (AvgIpc) is 3.73. The first kappa shape index (κ1) is 40.7. The van der Waals surface area contributed by atoms with Crippen LogP contribution >= 0.6 is 23.2 Å². The number of hydrogen-bond donors (Lipinski definition) is 2. The molecule has 0 saturated carbocycles. The van der Waals surface area contributed by atoms with Gasteiger partial charge in [0, 0.05) is 71.2 Å². The van der Waals surface area contributed by atoms with Crippen molar-refractivity contribution in [2.24, 2.45) is 14.1 Å². The third kappa shape index (κ3) is 7.17. The highest BCUT2D eigenvalue weighted by molar-refractivity contribution is 6.35. The number of nitrogens with one attached hydrogen (secondary N) is 1. The van der Waals surface area contributed by atoms with Gasteiger partial charge in [0.05, 0.1) is 39.6 Å². The molecule has 1 aliphatic heterocycles. The number of nitrogens with zero attached hydrogens (tertiary/aromatic N) is 5. The van der Waals surface area contributed by atoms with Crippen molar-refractivity contribution in [1.82, 2.24) is 18.9 Å². The van der Waals surface area contributed by atoms with Gasteiger partial charge in [-0.1, -0.05) is 29.3 Å². The molecule has 0 fully saturated rings. The molecule has 0 radical (unpaired) electrons. The van der Waals surface area contributed by atoms with Crippen molar-refractivity contribution in [3.63, 3.8) is 0 Å². The van der Waals surface area contributed by atoms with Gasteiger partial charge < -0.3 is 28.6 Å². The third-order valence-corrected chi connectivity index (χ3v) is 11.7. The Morgan fingerprint density at radius 2 is 1.67 bits per heavy atom. The Morgan fingerprint density at radius 3 is 2.29 bits per heavy atom. The molecule has 58 heavy (non-hydrogen) atoms. The molecule has 6 aromatic rings. The van der Waals surface area contributed by atoms with Crippen LogP contribution in [0.2, 0.25) is 10.0 Å². The van der Waals surface area contributed by atoms with E-state index in [1.165, 1.54) is 6.20 Å². The number of aromatic nitrogens is 4. The summed E-state index contributed by atoms with van der Waals surface area (Å²) in [6.45, 7) is 15.8. The standard InChI is InChI=1S/C44H48Cl2N6O6/c1-22-16-28(17-23(2)37(22)46)57-15-11-12-29-30-13-14-33(45)36(35-25(4)48-50(10)26(35)5)39(30)52-24(3)20-51(41(53)40(29)52)34-19-27(47-43(56)58-44(6,7)8)18-31-32(42(54)55)21-49(9)38(31)34/h13-14,16-19,21,24H,11-12,15,20H2,1-10H3,(H,47,56)(H,54,55)/t24-/m1/s1. The first-order valence-electron chi connectivity index (χ1n) is 19.2. The zero-order valence-electron chi connectivity index (χ0n) is 34.4. The number of ether oxygens (including phenoxy) is 2. The minimum absolute atomic E-state index is 0.0338. The van der Waals surface area contributed by atoms with Gasteiger partial charge in [-0.3, -0.25) is 14.8 Å². The topological polar surface area (TPSA) is 133 Å². The Bertz CT molecular complexity index is 2660. The van der Waals surface area contributed by atoms with Gasteiger partial charge in [0.15, 0.2) is 0 Å². The van der Waals surface area contributed by atoms with Crippen LogP contribution in [0.1, 0.15) is 89.1 Å². The minimum atomic E-state index is -1.14. The number of carboxylic acid groups (broad SMARTS) is 1. The Labute approximate surface area is 347 Å². The lowest BCUT2D eigenvalue weighted by Crippen LogP contribution is -2.43. The van der Waals surface area contributed by atoms with Crippen molar-refractivity contribution < 1.29 is 29.0 Å². The van der Waals surface area contributed by atoms with E-state index in [0.29, 0.717) is 57.5 Å². The van der Waals surface area contributed by atoms with Crippen LogP contribution in [0.25, 0.3) is 32.9 Å². The van der Waals surface area contributed by atoms with Gasteiger partial charge in [0.25, 0.3) is 5.91 Å². The first-order chi connectivity index (χ1) is 27.3. The van der Waals surface area contributed by atoms with Gasteiger partial charge in [-0.05, 0) is 115 Å². The van der Waals surface area contributed by atoms with Crippen LogP contribution < -0.4 is 15.0 Å². The van der Waals surface area contributed by atoms with Crippen molar-refractivity contribution in [3.05, 3.63) is 92.0 Å². The van der Waals surface area contributed by atoms with E-state index in [1.807, 2.05) is 63.7 Å². The molecule has 304 valence electrons. The monoisotopic (exact) mass is 826 g/mol. The van der Waals surface area contributed by atoms with E-state index in [2.05, 4.69) is 16.8 Å². The van der Waals surface area contributed by atoms with Crippen molar-refractivity contribution in [3.8, 4) is 16.9 Å².